The van der Waals surface area contributed by atoms with Gasteiger partial charge in [0.05, 0.1) is 16.6 Å². The van der Waals surface area contributed by atoms with E-state index in [0.29, 0.717) is 22.6 Å². The van der Waals surface area contributed by atoms with Crippen molar-refractivity contribution in [1.82, 2.24) is 14.7 Å². The molecule has 0 aliphatic rings. The van der Waals surface area contributed by atoms with Crippen LogP contribution in [-0.2, 0) is 16.6 Å². The van der Waals surface area contributed by atoms with Crippen LogP contribution in [0.1, 0.15) is 28.5 Å². The molecule has 1 atom stereocenters. The van der Waals surface area contributed by atoms with Gasteiger partial charge in [0.15, 0.2) is 0 Å². The van der Waals surface area contributed by atoms with Crippen LogP contribution in [0.25, 0.3) is 11.8 Å². The number of hydrogen-bond acceptors (Lipinski definition) is 5. The average Bonchev–Trinajstić information content (AvgIpc) is 3.28. The molecule has 1 heterocycles. The van der Waals surface area contributed by atoms with Gasteiger partial charge in [0, 0.05) is 27.7 Å². The number of benzene rings is 4. The van der Waals surface area contributed by atoms with Gasteiger partial charge in [-0.15, -0.1) is 11.8 Å². The van der Waals surface area contributed by atoms with E-state index in [-0.39, 0.29) is 22.9 Å². The van der Waals surface area contributed by atoms with E-state index in [1.807, 2.05) is 66.7 Å². The summed E-state index contributed by atoms with van der Waals surface area (Å²) in [5.41, 5.74) is 2.90. The second-order valence-corrected chi connectivity index (χ2v) is 12.9. The van der Waals surface area contributed by atoms with E-state index in [1.165, 1.54) is 16.4 Å². The molecular formula is C36H32BrN5O4S. The van der Waals surface area contributed by atoms with Gasteiger partial charge < -0.3 is 16.0 Å². The lowest BCUT2D eigenvalue weighted by atomic mass is 10.1. The number of carbonyl (C=O) groups is 3. The largest absolute Gasteiger partial charge is 0.321 e. The fraction of sp³-hybridized carbons (Fsp3) is 0.111. The number of nitrogens with one attached hydrogen (secondary N) is 3. The highest BCUT2D eigenvalue weighted by atomic mass is 79.9. The Bertz CT molecular complexity index is 2010. The molecule has 0 aliphatic heterocycles. The van der Waals surface area contributed by atoms with Crippen LogP contribution >= 0.6 is 27.7 Å². The predicted molar refractivity (Wildman–Crippen MR) is 191 cm³/mol. The standard InChI is InChI=1S/C36H32BrN5O4S/c1-23-32(36(46)42(41(23)3)29-14-8-5-9-15-29)40-33(43)24(2)47-30-16-10-13-28(22-30)38-35(45)31(21-25-17-19-27(37)20-18-25)39-34(44)26-11-6-4-7-12-26/h4-22,24H,1-3H3,(H,38,45)(H,39,44)(H,40,43)/b31-21+. The molecule has 1 aromatic heterocycles. The maximum atomic E-state index is 13.5. The Hall–Kier alpha value is -5.13. The van der Waals surface area contributed by atoms with Crippen molar-refractivity contribution in [2.45, 2.75) is 24.0 Å². The van der Waals surface area contributed by atoms with Crippen LogP contribution in [0.2, 0.25) is 0 Å². The molecule has 5 rings (SSSR count). The van der Waals surface area contributed by atoms with Crippen molar-refractivity contribution in [3.05, 3.63) is 147 Å². The average molecular weight is 711 g/mol. The lowest BCUT2D eigenvalue weighted by Crippen LogP contribution is -2.30. The number of halogens is 1. The highest BCUT2D eigenvalue weighted by Crippen LogP contribution is 2.27. The van der Waals surface area contributed by atoms with Crippen molar-refractivity contribution in [2.75, 3.05) is 10.6 Å². The van der Waals surface area contributed by atoms with Gasteiger partial charge in [-0.1, -0.05) is 70.5 Å². The van der Waals surface area contributed by atoms with E-state index in [2.05, 4.69) is 31.9 Å². The van der Waals surface area contributed by atoms with Crippen LogP contribution in [0.4, 0.5) is 11.4 Å². The molecule has 3 amide bonds. The summed E-state index contributed by atoms with van der Waals surface area (Å²) >= 11 is 4.69. The number of hydrogen-bond donors (Lipinski definition) is 3. The van der Waals surface area contributed by atoms with Gasteiger partial charge in [-0.3, -0.25) is 23.9 Å². The van der Waals surface area contributed by atoms with E-state index in [9.17, 15) is 19.2 Å². The van der Waals surface area contributed by atoms with Crippen LogP contribution in [0, 0.1) is 6.92 Å². The fourth-order valence-electron chi connectivity index (χ4n) is 4.71. The van der Waals surface area contributed by atoms with Crippen LogP contribution < -0.4 is 21.5 Å². The number of rotatable bonds is 10. The minimum atomic E-state index is -0.567. The number of anilines is 2. The topological polar surface area (TPSA) is 114 Å². The summed E-state index contributed by atoms with van der Waals surface area (Å²) in [6, 6.07) is 32.3. The van der Waals surface area contributed by atoms with E-state index in [0.717, 1.165) is 14.9 Å². The van der Waals surface area contributed by atoms with Gasteiger partial charge in [-0.2, -0.15) is 0 Å². The smallest absolute Gasteiger partial charge is 0.295 e. The number of para-hydroxylation sites is 1. The molecule has 0 saturated carbocycles. The molecular weight excluding hydrogens is 678 g/mol. The van der Waals surface area contributed by atoms with Crippen molar-refractivity contribution in [1.29, 1.82) is 0 Å². The Kier molecular flexibility index (Phi) is 10.6. The predicted octanol–water partition coefficient (Wildman–Crippen LogP) is 6.78. The van der Waals surface area contributed by atoms with Gasteiger partial charge in [0.2, 0.25) is 5.91 Å². The van der Waals surface area contributed by atoms with E-state index in [1.54, 1.807) is 74.1 Å². The van der Waals surface area contributed by atoms with Crippen molar-refractivity contribution in [3.8, 4) is 5.69 Å². The molecule has 0 fully saturated rings. The third-order valence-corrected chi connectivity index (χ3v) is 8.91. The second-order valence-electron chi connectivity index (χ2n) is 10.6. The zero-order chi connectivity index (χ0) is 33.5. The molecule has 3 N–H and O–H groups in total. The number of thioether (sulfide) groups is 1. The minimum Gasteiger partial charge on any atom is -0.321 e. The number of aromatic nitrogens is 2. The summed E-state index contributed by atoms with van der Waals surface area (Å²) in [4.78, 5) is 53.7. The summed E-state index contributed by atoms with van der Waals surface area (Å²) < 4.78 is 4.10. The SMILES string of the molecule is Cc1c(NC(=O)C(C)Sc2cccc(NC(=O)/C(=C\c3ccc(Br)cc3)NC(=O)c3ccccc3)c2)c(=O)n(-c2ccccc2)n1C. The second kappa shape index (κ2) is 15.0. The fourth-order valence-corrected chi connectivity index (χ4v) is 5.90. The highest BCUT2D eigenvalue weighted by molar-refractivity contribution is 9.10. The monoisotopic (exact) mass is 709 g/mol. The molecule has 0 radical (unpaired) electrons. The molecule has 9 nitrogen and oxygen atoms in total. The van der Waals surface area contributed by atoms with Crippen molar-refractivity contribution in [2.24, 2.45) is 7.05 Å². The van der Waals surface area contributed by atoms with Crippen LogP contribution in [0.3, 0.4) is 0 Å². The first-order valence-electron chi connectivity index (χ1n) is 14.7. The molecule has 11 heteroatoms. The zero-order valence-electron chi connectivity index (χ0n) is 25.9. The maximum Gasteiger partial charge on any atom is 0.295 e. The maximum absolute atomic E-state index is 13.5. The quantitative estimate of drug-likeness (QED) is 0.109. The molecule has 4 aromatic carbocycles. The van der Waals surface area contributed by atoms with Crippen molar-refractivity contribution >= 4 is 62.9 Å². The molecule has 5 aromatic rings. The summed E-state index contributed by atoms with van der Waals surface area (Å²) in [6.45, 7) is 3.53. The Morgan fingerprint density at radius 2 is 1.51 bits per heavy atom. The number of carbonyl (C=O) groups excluding carboxylic acids is 3. The van der Waals surface area contributed by atoms with Gasteiger partial charge in [-0.25, -0.2) is 4.68 Å². The molecule has 0 saturated heterocycles. The van der Waals surface area contributed by atoms with Gasteiger partial charge in [0.25, 0.3) is 17.4 Å². The molecule has 0 bridgehead atoms. The highest BCUT2D eigenvalue weighted by Gasteiger charge is 2.22. The normalized spacial score (nSPS) is 11.9. The van der Waals surface area contributed by atoms with Gasteiger partial charge in [0.1, 0.15) is 11.4 Å². The van der Waals surface area contributed by atoms with E-state index in [4.69, 9.17) is 0 Å². The summed E-state index contributed by atoms with van der Waals surface area (Å²) in [5.74, 6) is -1.27. The van der Waals surface area contributed by atoms with E-state index >= 15 is 0 Å². The van der Waals surface area contributed by atoms with Gasteiger partial charge in [-0.05, 0) is 80.1 Å². The summed E-state index contributed by atoms with van der Waals surface area (Å²) in [5, 5.41) is 7.85. The summed E-state index contributed by atoms with van der Waals surface area (Å²) in [7, 11) is 1.77. The minimum absolute atomic E-state index is 0.0615. The third-order valence-electron chi connectivity index (χ3n) is 7.29. The Morgan fingerprint density at radius 3 is 2.19 bits per heavy atom. The first kappa shape index (κ1) is 33.2. The zero-order valence-corrected chi connectivity index (χ0v) is 28.3. The van der Waals surface area contributed by atoms with Crippen LogP contribution in [-0.4, -0.2) is 32.3 Å². The first-order valence-corrected chi connectivity index (χ1v) is 16.3. The Balaban J connectivity index is 1.30. The lowest BCUT2D eigenvalue weighted by molar-refractivity contribution is -0.115. The van der Waals surface area contributed by atoms with Crippen LogP contribution in [0.5, 0.6) is 0 Å². The Morgan fingerprint density at radius 1 is 0.851 bits per heavy atom. The number of nitrogens with zero attached hydrogens (tertiary/aromatic N) is 2. The molecule has 0 aliphatic carbocycles. The molecule has 1 unspecified atom stereocenters. The molecule has 238 valence electrons. The van der Waals surface area contributed by atoms with Crippen molar-refractivity contribution in [3.63, 3.8) is 0 Å². The first-order chi connectivity index (χ1) is 22.6. The Labute approximate surface area is 284 Å². The van der Waals surface area contributed by atoms with Gasteiger partial charge >= 0.3 is 0 Å². The molecule has 0 spiro atoms. The van der Waals surface area contributed by atoms with Crippen LogP contribution in [0.15, 0.2) is 129 Å². The number of amides is 3. The van der Waals surface area contributed by atoms with E-state index < -0.39 is 17.1 Å². The summed E-state index contributed by atoms with van der Waals surface area (Å²) in [6.07, 6.45) is 1.60. The van der Waals surface area contributed by atoms with Crippen molar-refractivity contribution < 1.29 is 14.4 Å². The lowest BCUT2D eigenvalue weighted by Gasteiger charge is -2.14. The third kappa shape index (κ3) is 8.18. The molecule has 47 heavy (non-hydrogen) atoms.